The van der Waals surface area contributed by atoms with Gasteiger partial charge in [0.1, 0.15) is 6.54 Å². The van der Waals surface area contributed by atoms with E-state index in [9.17, 15) is 24.3 Å². The fraction of sp³-hybridized carbons (Fsp3) is 0.421. The van der Waals surface area contributed by atoms with Crippen molar-refractivity contribution in [3.05, 3.63) is 22.2 Å². The SMILES string of the molecule is CCCCOC(=O)C(C(=O)O)C(N)C(=O)Cn1nnc(Sc2c(Cl)cc(NC(C)=O)cc2Cl)n1. The Labute approximate surface area is 208 Å². The molecule has 0 radical (unpaired) electrons. The Morgan fingerprint density at radius 2 is 1.91 bits per heavy atom. The van der Waals surface area contributed by atoms with Crippen molar-refractivity contribution in [2.45, 2.75) is 49.3 Å². The van der Waals surface area contributed by atoms with E-state index in [-0.39, 0.29) is 27.7 Å². The molecule has 0 aliphatic rings. The summed E-state index contributed by atoms with van der Waals surface area (Å²) in [6.45, 7) is 2.72. The Hall–Kier alpha value is -2.74. The number of carboxylic acid groups (broad SMARTS) is 1. The number of rotatable bonds is 12. The molecule has 12 nitrogen and oxygen atoms in total. The van der Waals surface area contributed by atoms with Gasteiger partial charge in [-0.3, -0.25) is 19.2 Å². The molecule has 0 bridgehead atoms. The van der Waals surface area contributed by atoms with Gasteiger partial charge in [0.2, 0.25) is 11.1 Å². The summed E-state index contributed by atoms with van der Waals surface area (Å²) >= 11 is 13.4. The maximum absolute atomic E-state index is 12.5. The molecule has 0 spiro atoms. The van der Waals surface area contributed by atoms with Crippen LogP contribution in [0.4, 0.5) is 5.69 Å². The molecular formula is C19H22Cl2N6O6S. The van der Waals surface area contributed by atoms with Crippen molar-refractivity contribution >= 4 is 64.3 Å². The summed E-state index contributed by atoms with van der Waals surface area (Å²) in [5.74, 6) is -5.61. The molecule has 4 N–H and O–H groups in total. The first kappa shape index (κ1) is 27.5. The predicted octanol–water partition coefficient (Wildman–Crippen LogP) is 2.03. The highest BCUT2D eigenvalue weighted by atomic mass is 35.5. The molecule has 1 aromatic carbocycles. The van der Waals surface area contributed by atoms with E-state index in [4.69, 9.17) is 33.7 Å². The fourth-order valence-electron chi connectivity index (χ4n) is 2.60. The standard InChI is InChI=1S/C19H22Cl2N6O6S/c1-3-4-5-33-18(32)14(17(30)31)15(22)13(29)8-27-25-19(24-26-27)34-16-11(20)6-10(7-12(16)21)23-9(2)28/h6-7,14-15H,3-5,8,22H2,1-2H3,(H,23,28)(H,30,31). The van der Waals surface area contributed by atoms with Gasteiger partial charge in [-0.2, -0.15) is 4.80 Å². The predicted molar refractivity (Wildman–Crippen MR) is 123 cm³/mol. The van der Waals surface area contributed by atoms with Crippen molar-refractivity contribution in [3.63, 3.8) is 0 Å². The first-order valence-electron chi connectivity index (χ1n) is 9.93. The minimum Gasteiger partial charge on any atom is -0.481 e. The number of aliphatic carboxylic acids is 1. The Kier molecular flexibility index (Phi) is 10.2. The van der Waals surface area contributed by atoms with Crippen LogP contribution < -0.4 is 11.1 Å². The molecule has 1 aromatic heterocycles. The molecule has 2 unspecified atom stereocenters. The number of amides is 1. The maximum Gasteiger partial charge on any atom is 0.322 e. The number of nitrogens with two attached hydrogens (primary N) is 1. The van der Waals surface area contributed by atoms with Crippen molar-refractivity contribution in [2.75, 3.05) is 11.9 Å². The Morgan fingerprint density at radius 3 is 2.47 bits per heavy atom. The number of esters is 1. The van der Waals surface area contributed by atoms with Crippen molar-refractivity contribution < 1.29 is 29.0 Å². The van der Waals surface area contributed by atoms with Gasteiger partial charge in [-0.05, 0) is 35.5 Å². The van der Waals surface area contributed by atoms with E-state index in [1.165, 1.54) is 19.1 Å². The van der Waals surface area contributed by atoms with Crippen LogP contribution in [-0.4, -0.2) is 61.6 Å². The summed E-state index contributed by atoms with van der Waals surface area (Å²) < 4.78 is 4.90. The van der Waals surface area contributed by atoms with E-state index in [0.29, 0.717) is 17.0 Å². The largest absolute Gasteiger partial charge is 0.481 e. The average molecular weight is 533 g/mol. The lowest BCUT2D eigenvalue weighted by Crippen LogP contribution is -2.48. The number of Topliss-reactive ketones (excluding diaryl/α,β-unsaturated/α-hetero) is 1. The third kappa shape index (κ3) is 7.65. The summed E-state index contributed by atoms with van der Waals surface area (Å²) in [6.07, 6.45) is 1.29. The number of ether oxygens (including phenoxy) is 1. The zero-order chi connectivity index (χ0) is 25.4. The summed E-state index contributed by atoms with van der Waals surface area (Å²) in [7, 11) is 0. The second kappa shape index (κ2) is 12.6. The fourth-order valence-corrected chi connectivity index (χ4v) is 4.03. The molecular weight excluding hydrogens is 511 g/mol. The number of carbonyl (C=O) groups is 4. The second-order valence-corrected chi connectivity index (χ2v) is 8.78. The van der Waals surface area contributed by atoms with Gasteiger partial charge in [0, 0.05) is 12.6 Å². The number of nitrogens with one attached hydrogen (secondary N) is 1. The molecule has 0 fully saturated rings. The molecule has 184 valence electrons. The molecule has 15 heteroatoms. The van der Waals surface area contributed by atoms with Crippen LogP contribution in [0.1, 0.15) is 26.7 Å². The smallest absolute Gasteiger partial charge is 0.322 e. The van der Waals surface area contributed by atoms with Crippen LogP contribution in [0.5, 0.6) is 0 Å². The summed E-state index contributed by atoms with van der Waals surface area (Å²) in [5, 5.41) is 24.0. The van der Waals surface area contributed by atoms with Gasteiger partial charge in [-0.15, -0.1) is 10.2 Å². The number of nitrogens with zero attached hydrogens (tertiary/aromatic N) is 4. The van der Waals surface area contributed by atoms with Gasteiger partial charge in [-0.25, -0.2) is 0 Å². The first-order valence-corrected chi connectivity index (χ1v) is 11.5. The number of benzene rings is 1. The molecule has 2 rings (SSSR count). The normalized spacial score (nSPS) is 12.6. The lowest BCUT2D eigenvalue weighted by molar-refractivity contribution is -0.161. The van der Waals surface area contributed by atoms with Crippen LogP contribution >= 0.6 is 35.0 Å². The highest BCUT2D eigenvalue weighted by Gasteiger charge is 2.38. The Morgan fingerprint density at radius 1 is 1.26 bits per heavy atom. The van der Waals surface area contributed by atoms with Gasteiger partial charge < -0.3 is 20.9 Å². The van der Waals surface area contributed by atoms with Gasteiger partial charge in [0.05, 0.1) is 27.6 Å². The van der Waals surface area contributed by atoms with E-state index in [1.54, 1.807) is 0 Å². The first-order chi connectivity index (χ1) is 16.0. The van der Waals surface area contributed by atoms with Crippen LogP contribution in [0, 0.1) is 5.92 Å². The quantitative estimate of drug-likeness (QED) is 0.206. The van der Waals surface area contributed by atoms with E-state index in [2.05, 4.69) is 20.7 Å². The van der Waals surface area contributed by atoms with Gasteiger partial charge in [-0.1, -0.05) is 36.5 Å². The lowest BCUT2D eigenvalue weighted by atomic mass is 9.97. The van der Waals surface area contributed by atoms with Crippen molar-refractivity contribution in [3.8, 4) is 0 Å². The van der Waals surface area contributed by atoms with E-state index >= 15 is 0 Å². The van der Waals surface area contributed by atoms with Crippen molar-refractivity contribution in [1.82, 2.24) is 20.2 Å². The Bertz CT molecular complexity index is 1060. The number of ketones is 1. The molecule has 0 saturated heterocycles. The summed E-state index contributed by atoms with van der Waals surface area (Å²) in [4.78, 5) is 48.5. The van der Waals surface area contributed by atoms with E-state index in [1.807, 2.05) is 6.92 Å². The number of halogens is 2. The van der Waals surface area contributed by atoms with Crippen molar-refractivity contribution in [1.29, 1.82) is 0 Å². The van der Waals surface area contributed by atoms with E-state index < -0.39 is 36.2 Å². The number of carboxylic acids is 1. The van der Waals surface area contributed by atoms with Crippen molar-refractivity contribution in [2.24, 2.45) is 11.7 Å². The molecule has 0 saturated carbocycles. The Balaban J connectivity index is 2.07. The number of carbonyl (C=O) groups excluding carboxylic acids is 3. The van der Waals surface area contributed by atoms with Crippen LogP contribution in [0.2, 0.25) is 10.0 Å². The molecule has 2 aromatic rings. The van der Waals surface area contributed by atoms with Crippen LogP contribution in [-0.2, 0) is 30.5 Å². The number of hydrogen-bond donors (Lipinski definition) is 3. The third-order valence-corrected chi connectivity index (χ3v) is 6.05. The van der Waals surface area contributed by atoms with E-state index in [0.717, 1.165) is 23.0 Å². The number of hydrogen-bond acceptors (Lipinski definition) is 10. The van der Waals surface area contributed by atoms with Gasteiger partial charge >= 0.3 is 11.9 Å². The van der Waals surface area contributed by atoms with Crippen LogP contribution in [0.3, 0.4) is 0 Å². The highest BCUT2D eigenvalue weighted by molar-refractivity contribution is 7.99. The minimum atomic E-state index is -1.86. The number of anilines is 1. The third-order valence-electron chi connectivity index (χ3n) is 4.24. The van der Waals surface area contributed by atoms with Gasteiger partial charge in [0.25, 0.3) is 0 Å². The highest BCUT2D eigenvalue weighted by Crippen LogP contribution is 2.39. The van der Waals surface area contributed by atoms with Crippen LogP contribution in [0.15, 0.2) is 22.2 Å². The summed E-state index contributed by atoms with van der Waals surface area (Å²) in [5.41, 5.74) is 6.15. The molecule has 0 aliphatic heterocycles. The number of aromatic nitrogens is 4. The zero-order valence-electron chi connectivity index (χ0n) is 18.2. The molecule has 0 aliphatic carbocycles. The topological polar surface area (TPSA) is 179 Å². The molecule has 1 amide bonds. The minimum absolute atomic E-state index is 0.0299. The summed E-state index contributed by atoms with van der Waals surface area (Å²) in [6, 6.07) is 1.32. The molecule has 34 heavy (non-hydrogen) atoms. The van der Waals surface area contributed by atoms with Crippen LogP contribution in [0.25, 0.3) is 0 Å². The lowest BCUT2D eigenvalue weighted by Gasteiger charge is -2.17. The maximum atomic E-state index is 12.5. The zero-order valence-corrected chi connectivity index (χ0v) is 20.5. The number of tetrazole rings is 1. The molecule has 2 atom stereocenters. The molecule has 1 heterocycles. The number of unbranched alkanes of at least 4 members (excludes halogenated alkanes) is 1. The second-order valence-electron chi connectivity index (χ2n) is 6.98. The average Bonchev–Trinajstić information content (AvgIpc) is 3.17. The monoisotopic (exact) mass is 532 g/mol. The van der Waals surface area contributed by atoms with Gasteiger partial charge in [0.15, 0.2) is 11.7 Å².